The van der Waals surface area contributed by atoms with Gasteiger partial charge in [-0.05, 0) is 51.8 Å². The van der Waals surface area contributed by atoms with Crippen LogP contribution in [0.25, 0.3) is 0 Å². The molecule has 2 bridgehead atoms. The molecule has 2 saturated heterocycles. The molecule has 1 N–H and O–H groups in total. The molecule has 2 unspecified atom stereocenters. The zero-order chi connectivity index (χ0) is 23.8. The Bertz CT molecular complexity index is 1090. The molecule has 0 aliphatic carbocycles. The maximum Gasteiger partial charge on any atom is 0.410 e. The van der Waals surface area contributed by atoms with Gasteiger partial charge in [0.2, 0.25) is 5.82 Å². The van der Waals surface area contributed by atoms with Crippen molar-refractivity contribution < 1.29 is 18.7 Å². The third-order valence-corrected chi connectivity index (χ3v) is 5.99. The molecule has 4 rings (SSSR count). The van der Waals surface area contributed by atoms with Crippen LogP contribution in [0.5, 0.6) is 5.88 Å². The molecule has 2 aliphatic heterocycles. The van der Waals surface area contributed by atoms with E-state index in [1.54, 1.807) is 17.0 Å². The molecule has 0 saturated carbocycles. The molecule has 2 fully saturated rings. The summed E-state index contributed by atoms with van der Waals surface area (Å²) in [5.74, 6) is -0.979. The first kappa shape index (κ1) is 23.1. The van der Waals surface area contributed by atoms with Gasteiger partial charge in [0.25, 0.3) is 5.88 Å². The van der Waals surface area contributed by atoms with Gasteiger partial charge in [0, 0.05) is 24.9 Å². The van der Waals surface area contributed by atoms with Gasteiger partial charge in [0.15, 0.2) is 5.82 Å². The molecule has 3 heterocycles. The van der Waals surface area contributed by atoms with E-state index in [1.165, 1.54) is 12.4 Å². The number of hydrogen-bond acceptors (Lipinski definition) is 7. The van der Waals surface area contributed by atoms with Gasteiger partial charge in [-0.15, -0.1) is 0 Å². The first-order valence-electron chi connectivity index (χ1n) is 10.8. The lowest BCUT2D eigenvalue weighted by Crippen LogP contribution is -2.50. The maximum absolute atomic E-state index is 15.1. The van der Waals surface area contributed by atoms with Gasteiger partial charge in [0.1, 0.15) is 18.0 Å². The summed E-state index contributed by atoms with van der Waals surface area (Å²) in [6.45, 7) is 5.53. The van der Waals surface area contributed by atoms with Crippen molar-refractivity contribution in [1.82, 2.24) is 14.9 Å². The van der Waals surface area contributed by atoms with Gasteiger partial charge in [-0.1, -0.05) is 11.6 Å². The minimum Gasteiger partial charge on any atom is -0.472 e. The zero-order valence-corrected chi connectivity index (χ0v) is 19.4. The minimum atomic E-state index is -0.736. The lowest BCUT2D eigenvalue weighted by molar-refractivity contribution is -0.00811. The molecule has 0 radical (unpaired) electrons. The molecule has 0 spiro atoms. The Morgan fingerprint density at radius 3 is 2.58 bits per heavy atom. The summed E-state index contributed by atoms with van der Waals surface area (Å²) in [5.41, 5.74) is 0.239. The van der Waals surface area contributed by atoms with Crippen molar-refractivity contribution >= 4 is 29.2 Å². The Morgan fingerprint density at radius 2 is 1.97 bits per heavy atom. The summed E-state index contributed by atoms with van der Waals surface area (Å²) < 4.78 is 26.6. The van der Waals surface area contributed by atoms with Crippen molar-refractivity contribution in [3.05, 3.63) is 40.9 Å². The number of nitrogens with zero attached hydrogens (tertiary/aromatic N) is 4. The number of halogens is 2. The van der Waals surface area contributed by atoms with Crippen LogP contribution in [0.15, 0.2) is 24.5 Å². The fraction of sp³-hybridized carbons (Fsp3) is 0.478. The van der Waals surface area contributed by atoms with E-state index < -0.39 is 11.4 Å². The number of benzene rings is 1. The molecule has 1 aromatic heterocycles. The molecular weight excluding hydrogens is 449 g/mol. The molecule has 8 nitrogen and oxygen atoms in total. The van der Waals surface area contributed by atoms with E-state index in [0.717, 1.165) is 12.8 Å². The Hall–Kier alpha value is -3.12. The first-order valence-corrected chi connectivity index (χ1v) is 11.2. The first-order chi connectivity index (χ1) is 15.6. The van der Waals surface area contributed by atoms with Crippen molar-refractivity contribution in [2.24, 2.45) is 0 Å². The van der Waals surface area contributed by atoms with Crippen LogP contribution in [0, 0.1) is 17.1 Å². The average Bonchev–Trinajstić information content (AvgIpc) is 3.02. The smallest absolute Gasteiger partial charge is 0.410 e. The SMILES string of the molecule is CC(C)(C)OC(=O)N1C2CCC1CC(Oc1ncnc(Nc3ccc(C#N)cc3Cl)c1F)C2. The molecule has 1 aromatic carbocycles. The summed E-state index contributed by atoms with van der Waals surface area (Å²) in [4.78, 5) is 22.4. The van der Waals surface area contributed by atoms with E-state index >= 15 is 4.39 Å². The van der Waals surface area contributed by atoms with E-state index in [-0.39, 0.29) is 41.0 Å². The number of ether oxygens (including phenoxy) is 2. The second kappa shape index (κ2) is 9.02. The number of carbonyl (C=O) groups is 1. The van der Waals surface area contributed by atoms with Gasteiger partial charge in [-0.25, -0.2) is 9.78 Å². The number of hydrogen-bond donors (Lipinski definition) is 1. The number of anilines is 2. The van der Waals surface area contributed by atoms with Crippen LogP contribution in [-0.4, -0.2) is 44.7 Å². The molecule has 174 valence electrons. The number of nitriles is 1. The highest BCUT2D eigenvalue weighted by molar-refractivity contribution is 6.33. The number of rotatable bonds is 4. The minimum absolute atomic E-state index is 0.0106. The highest BCUT2D eigenvalue weighted by atomic mass is 35.5. The second-order valence-electron chi connectivity index (χ2n) is 9.26. The van der Waals surface area contributed by atoms with Crippen molar-refractivity contribution in [2.75, 3.05) is 5.32 Å². The van der Waals surface area contributed by atoms with Gasteiger partial charge in [-0.2, -0.15) is 14.6 Å². The van der Waals surface area contributed by atoms with Crippen molar-refractivity contribution in [1.29, 1.82) is 5.26 Å². The lowest BCUT2D eigenvalue weighted by Gasteiger charge is -2.39. The lowest BCUT2D eigenvalue weighted by atomic mass is 10.0. The van der Waals surface area contributed by atoms with E-state index in [2.05, 4.69) is 15.3 Å². The topological polar surface area (TPSA) is 100 Å². The molecular formula is C23H25ClFN5O3. The van der Waals surface area contributed by atoms with Gasteiger partial charge in [-0.3, -0.25) is 0 Å². The van der Waals surface area contributed by atoms with Gasteiger partial charge < -0.3 is 19.7 Å². The third-order valence-electron chi connectivity index (χ3n) is 5.68. The molecule has 33 heavy (non-hydrogen) atoms. The fourth-order valence-corrected chi connectivity index (χ4v) is 4.56. The van der Waals surface area contributed by atoms with Crippen LogP contribution in [0.2, 0.25) is 5.02 Å². The van der Waals surface area contributed by atoms with Crippen molar-refractivity contribution in [2.45, 2.75) is 70.2 Å². The Morgan fingerprint density at radius 1 is 1.27 bits per heavy atom. The predicted octanol–water partition coefficient (Wildman–Crippen LogP) is 5.19. The summed E-state index contributed by atoms with van der Waals surface area (Å²) in [5, 5.41) is 12.1. The standard InChI is InChI=1S/C23H25ClFN5O3/c1-23(2,3)33-22(31)30-14-5-6-15(30)10-16(9-14)32-21-19(25)20(27-12-28-21)29-18-7-4-13(11-26)8-17(18)24/h4,7-8,12,14-16H,5-6,9-10H2,1-3H3,(H,27,28,29). The van der Waals surface area contributed by atoms with Crippen molar-refractivity contribution in [3.8, 4) is 11.9 Å². The number of nitrogens with one attached hydrogen (secondary N) is 1. The quantitative estimate of drug-likeness (QED) is 0.651. The third kappa shape index (κ3) is 5.11. The van der Waals surface area contributed by atoms with Crippen LogP contribution < -0.4 is 10.1 Å². The van der Waals surface area contributed by atoms with E-state index in [4.69, 9.17) is 26.3 Å². The second-order valence-corrected chi connectivity index (χ2v) is 9.66. The van der Waals surface area contributed by atoms with E-state index in [1.807, 2.05) is 26.8 Å². The normalized spacial score (nSPS) is 21.9. The van der Waals surface area contributed by atoms with E-state index in [9.17, 15) is 4.79 Å². The molecule has 1 amide bonds. The monoisotopic (exact) mass is 473 g/mol. The predicted molar refractivity (Wildman–Crippen MR) is 120 cm³/mol. The number of carbonyl (C=O) groups excluding carboxylic acids is 1. The Kier molecular flexibility index (Phi) is 6.30. The largest absolute Gasteiger partial charge is 0.472 e. The summed E-state index contributed by atoms with van der Waals surface area (Å²) in [6, 6.07) is 6.60. The highest BCUT2D eigenvalue weighted by Crippen LogP contribution is 2.38. The van der Waals surface area contributed by atoms with Crippen molar-refractivity contribution in [3.63, 3.8) is 0 Å². The van der Waals surface area contributed by atoms with Crippen LogP contribution >= 0.6 is 11.6 Å². The number of fused-ring (bicyclic) bond motifs is 2. The zero-order valence-electron chi connectivity index (χ0n) is 18.6. The number of piperidine rings is 1. The molecule has 10 heteroatoms. The van der Waals surface area contributed by atoms with E-state index in [0.29, 0.717) is 24.1 Å². The highest BCUT2D eigenvalue weighted by Gasteiger charge is 2.45. The molecule has 2 aromatic rings. The van der Waals surface area contributed by atoms with Crippen LogP contribution in [-0.2, 0) is 4.74 Å². The number of aromatic nitrogens is 2. The van der Waals surface area contributed by atoms with Gasteiger partial charge >= 0.3 is 6.09 Å². The Balaban J connectivity index is 1.45. The van der Waals surface area contributed by atoms with Gasteiger partial charge in [0.05, 0.1) is 22.3 Å². The Labute approximate surface area is 196 Å². The maximum atomic E-state index is 15.1. The van der Waals surface area contributed by atoms with Crippen LogP contribution in [0.1, 0.15) is 52.0 Å². The average molecular weight is 474 g/mol. The van der Waals surface area contributed by atoms with Crippen LogP contribution in [0.4, 0.5) is 20.7 Å². The number of amides is 1. The van der Waals surface area contributed by atoms with Crippen LogP contribution in [0.3, 0.4) is 0 Å². The summed E-state index contributed by atoms with van der Waals surface area (Å²) >= 11 is 6.17. The molecule has 2 aliphatic rings. The fourth-order valence-electron chi connectivity index (χ4n) is 4.33. The summed E-state index contributed by atoms with van der Waals surface area (Å²) in [6.07, 6.45) is 3.49. The molecule has 2 atom stereocenters. The summed E-state index contributed by atoms with van der Waals surface area (Å²) in [7, 11) is 0.